The van der Waals surface area contributed by atoms with Crippen molar-refractivity contribution in [1.82, 2.24) is 14.9 Å². The highest BCUT2D eigenvalue weighted by Crippen LogP contribution is 2.32. The lowest BCUT2D eigenvalue weighted by atomic mass is 10.0. The molecule has 6 nitrogen and oxygen atoms in total. The van der Waals surface area contributed by atoms with E-state index in [-0.39, 0.29) is 18.1 Å². The Labute approximate surface area is 153 Å². The fourth-order valence-electron chi connectivity index (χ4n) is 3.36. The van der Waals surface area contributed by atoms with Gasteiger partial charge < -0.3 is 19.4 Å². The van der Waals surface area contributed by atoms with Gasteiger partial charge in [0.2, 0.25) is 5.91 Å². The molecule has 1 saturated heterocycles. The van der Waals surface area contributed by atoms with E-state index in [1.54, 1.807) is 32.7 Å². The Bertz CT molecular complexity index is 753. The SMILES string of the molecule is CC/C(=C\C(=O)N1C[C@H](OC)CC1c1ncc[nH]1)c1ccc(OC)cc1. The monoisotopic (exact) mass is 355 g/mol. The predicted octanol–water partition coefficient (Wildman–Crippen LogP) is 3.20. The van der Waals surface area contributed by atoms with Crippen molar-refractivity contribution in [3.05, 3.63) is 54.1 Å². The van der Waals surface area contributed by atoms with E-state index in [0.29, 0.717) is 6.54 Å². The number of hydrogen-bond donors (Lipinski definition) is 1. The number of likely N-dealkylation sites (tertiary alicyclic amines) is 1. The summed E-state index contributed by atoms with van der Waals surface area (Å²) in [5.41, 5.74) is 2.02. The minimum atomic E-state index is -0.0901. The molecule has 6 heteroatoms. The van der Waals surface area contributed by atoms with Crippen LogP contribution in [0.25, 0.3) is 5.57 Å². The van der Waals surface area contributed by atoms with Gasteiger partial charge in [0.1, 0.15) is 11.6 Å². The third-order valence-electron chi connectivity index (χ3n) is 4.85. The summed E-state index contributed by atoms with van der Waals surface area (Å²) < 4.78 is 10.7. The van der Waals surface area contributed by atoms with Crippen LogP contribution in [-0.4, -0.2) is 47.6 Å². The van der Waals surface area contributed by atoms with Gasteiger partial charge in [-0.05, 0) is 29.7 Å². The summed E-state index contributed by atoms with van der Waals surface area (Å²) in [4.78, 5) is 22.3. The molecule has 1 aliphatic rings. The predicted molar refractivity (Wildman–Crippen MR) is 99.7 cm³/mol. The van der Waals surface area contributed by atoms with E-state index < -0.39 is 0 Å². The van der Waals surface area contributed by atoms with Crippen LogP contribution < -0.4 is 4.74 Å². The van der Waals surface area contributed by atoms with Crippen molar-refractivity contribution in [2.75, 3.05) is 20.8 Å². The van der Waals surface area contributed by atoms with Crippen molar-refractivity contribution < 1.29 is 14.3 Å². The molecule has 0 spiro atoms. The first-order valence-corrected chi connectivity index (χ1v) is 8.84. The molecule has 0 saturated carbocycles. The normalized spacial score (nSPS) is 20.4. The number of benzene rings is 1. The number of aromatic amines is 1. The Morgan fingerprint density at radius 2 is 2.12 bits per heavy atom. The maximum Gasteiger partial charge on any atom is 0.247 e. The maximum atomic E-state index is 13.0. The topological polar surface area (TPSA) is 67.5 Å². The smallest absolute Gasteiger partial charge is 0.247 e. The molecule has 0 bridgehead atoms. The molecule has 0 aliphatic carbocycles. The van der Waals surface area contributed by atoms with Crippen LogP contribution in [0.1, 0.15) is 37.2 Å². The van der Waals surface area contributed by atoms with E-state index in [9.17, 15) is 4.79 Å². The number of methoxy groups -OCH3 is 2. The van der Waals surface area contributed by atoms with Crippen LogP contribution in [0.5, 0.6) is 5.75 Å². The maximum absolute atomic E-state index is 13.0. The molecule has 1 amide bonds. The van der Waals surface area contributed by atoms with E-state index >= 15 is 0 Å². The van der Waals surface area contributed by atoms with Crippen LogP contribution >= 0.6 is 0 Å². The summed E-state index contributed by atoms with van der Waals surface area (Å²) in [6, 6.07) is 7.69. The van der Waals surface area contributed by atoms with E-state index in [4.69, 9.17) is 9.47 Å². The molecule has 1 N–H and O–H groups in total. The highest BCUT2D eigenvalue weighted by atomic mass is 16.5. The molecular formula is C20H25N3O3. The fourth-order valence-corrected chi connectivity index (χ4v) is 3.36. The van der Waals surface area contributed by atoms with E-state index in [1.165, 1.54) is 0 Å². The first kappa shape index (κ1) is 18.2. The number of rotatable bonds is 6. The Morgan fingerprint density at radius 1 is 1.35 bits per heavy atom. The zero-order valence-corrected chi connectivity index (χ0v) is 15.4. The first-order valence-electron chi connectivity index (χ1n) is 8.84. The first-order chi connectivity index (χ1) is 12.7. The molecule has 3 rings (SSSR count). The molecule has 2 heterocycles. The van der Waals surface area contributed by atoms with Gasteiger partial charge in [0, 0.05) is 38.5 Å². The van der Waals surface area contributed by atoms with Gasteiger partial charge in [-0.2, -0.15) is 0 Å². The third kappa shape index (κ3) is 3.80. The minimum absolute atomic E-state index is 0.0152. The highest BCUT2D eigenvalue weighted by molar-refractivity contribution is 5.95. The molecule has 26 heavy (non-hydrogen) atoms. The van der Waals surface area contributed by atoms with Crippen molar-refractivity contribution >= 4 is 11.5 Å². The number of hydrogen-bond acceptors (Lipinski definition) is 4. The number of nitrogens with zero attached hydrogens (tertiary/aromatic N) is 2. The third-order valence-corrected chi connectivity index (χ3v) is 4.85. The largest absolute Gasteiger partial charge is 0.497 e. The summed E-state index contributed by atoms with van der Waals surface area (Å²) in [7, 11) is 3.33. The van der Waals surface area contributed by atoms with Crippen LogP contribution in [0.4, 0.5) is 0 Å². The molecule has 1 aromatic heterocycles. The van der Waals surface area contributed by atoms with Crippen molar-refractivity contribution in [2.45, 2.75) is 31.9 Å². The zero-order valence-electron chi connectivity index (χ0n) is 15.4. The van der Waals surface area contributed by atoms with Crippen LogP contribution in [0.2, 0.25) is 0 Å². The molecular weight excluding hydrogens is 330 g/mol. The summed E-state index contributed by atoms with van der Waals surface area (Å²) in [6.07, 6.45) is 6.76. The second-order valence-corrected chi connectivity index (χ2v) is 6.33. The number of aromatic nitrogens is 2. The summed E-state index contributed by atoms with van der Waals surface area (Å²) in [5.74, 6) is 1.59. The summed E-state index contributed by atoms with van der Waals surface area (Å²) in [5, 5.41) is 0. The van der Waals surface area contributed by atoms with Gasteiger partial charge in [-0.25, -0.2) is 4.98 Å². The standard InChI is InChI=1S/C20H25N3O3/c1-4-14(15-5-7-16(25-2)8-6-15)11-19(24)23-13-17(26-3)12-18(23)20-21-9-10-22-20/h5-11,17-18H,4,12-13H2,1-3H3,(H,21,22)/b14-11+/t17-,18?/m1/s1. The molecule has 1 aromatic carbocycles. The molecule has 1 unspecified atom stereocenters. The van der Waals surface area contributed by atoms with Crippen LogP contribution in [0.15, 0.2) is 42.7 Å². The van der Waals surface area contributed by atoms with Crippen molar-refractivity contribution in [2.24, 2.45) is 0 Å². The molecule has 2 aromatic rings. The average Bonchev–Trinajstić information content (AvgIpc) is 3.35. The second-order valence-electron chi connectivity index (χ2n) is 6.33. The number of imidazole rings is 1. The molecule has 1 fully saturated rings. The lowest BCUT2D eigenvalue weighted by Crippen LogP contribution is -2.31. The Balaban J connectivity index is 1.83. The fraction of sp³-hybridized carbons (Fsp3) is 0.400. The molecule has 2 atom stereocenters. The van der Waals surface area contributed by atoms with Crippen molar-refractivity contribution in [1.29, 1.82) is 0 Å². The van der Waals surface area contributed by atoms with Gasteiger partial charge in [-0.3, -0.25) is 4.79 Å². The number of carbonyl (C=O) groups is 1. The lowest BCUT2D eigenvalue weighted by molar-refractivity contribution is -0.127. The highest BCUT2D eigenvalue weighted by Gasteiger charge is 2.37. The Kier molecular flexibility index (Phi) is 5.73. The van der Waals surface area contributed by atoms with Gasteiger partial charge in [0.15, 0.2) is 0 Å². The number of amides is 1. The number of allylic oxidation sites excluding steroid dienone is 1. The van der Waals surface area contributed by atoms with Crippen molar-refractivity contribution in [3.8, 4) is 5.75 Å². The van der Waals surface area contributed by atoms with Gasteiger partial charge in [-0.1, -0.05) is 19.1 Å². The van der Waals surface area contributed by atoms with Gasteiger partial charge >= 0.3 is 0 Å². The van der Waals surface area contributed by atoms with E-state index in [1.807, 2.05) is 29.2 Å². The summed E-state index contributed by atoms with van der Waals surface area (Å²) >= 11 is 0. The van der Waals surface area contributed by atoms with Crippen LogP contribution in [-0.2, 0) is 9.53 Å². The quantitative estimate of drug-likeness (QED) is 0.808. The van der Waals surface area contributed by atoms with E-state index in [0.717, 1.165) is 35.6 Å². The minimum Gasteiger partial charge on any atom is -0.497 e. The lowest BCUT2D eigenvalue weighted by Gasteiger charge is -2.22. The number of H-pyrrole nitrogens is 1. The number of ether oxygens (including phenoxy) is 2. The zero-order chi connectivity index (χ0) is 18.5. The number of nitrogens with one attached hydrogen (secondary N) is 1. The Morgan fingerprint density at radius 3 is 2.69 bits per heavy atom. The van der Waals surface area contributed by atoms with Gasteiger partial charge in [0.05, 0.1) is 19.3 Å². The van der Waals surface area contributed by atoms with Crippen molar-refractivity contribution in [3.63, 3.8) is 0 Å². The number of carbonyl (C=O) groups excluding carboxylic acids is 1. The average molecular weight is 355 g/mol. The van der Waals surface area contributed by atoms with Gasteiger partial charge in [0.25, 0.3) is 0 Å². The van der Waals surface area contributed by atoms with Crippen LogP contribution in [0, 0.1) is 0 Å². The Hall–Kier alpha value is -2.60. The summed E-state index contributed by atoms with van der Waals surface area (Å²) in [6.45, 7) is 2.62. The molecule has 0 radical (unpaired) electrons. The molecule has 1 aliphatic heterocycles. The van der Waals surface area contributed by atoms with E-state index in [2.05, 4.69) is 16.9 Å². The second kappa shape index (κ2) is 8.19. The van der Waals surface area contributed by atoms with Gasteiger partial charge in [-0.15, -0.1) is 0 Å². The molecule has 138 valence electrons. The van der Waals surface area contributed by atoms with Crippen LogP contribution in [0.3, 0.4) is 0 Å².